The Morgan fingerprint density at radius 2 is 1.93 bits per heavy atom. The van der Waals surface area contributed by atoms with E-state index < -0.39 is 6.10 Å². The van der Waals surface area contributed by atoms with E-state index in [1.807, 2.05) is 23.6 Å². The van der Waals surface area contributed by atoms with Crippen LogP contribution in [-0.4, -0.2) is 27.4 Å². The zero-order chi connectivity index (χ0) is 21.1. The van der Waals surface area contributed by atoms with Crippen LogP contribution in [0.2, 0.25) is 5.02 Å². The van der Waals surface area contributed by atoms with Gasteiger partial charge in [-0.2, -0.15) is 5.26 Å². The lowest BCUT2D eigenvalue weighted by Crippen LogP contribution is -2.30. The van der Waals surface area contributed by atoms with Gasteiger partial charge in [-0.05, 0) is 42.0 Å². The number of aliphatic hydroxyl groups excluding tert-OH is 1. The first-order valence-electron chi connectivity index (χ1n) is 9.09. The fraction of sp³-hybridized carbons (Fsp3) is 0.136. The molecule has 0 bridgehead atoms. The highest BCUT2D eigenvalue weighted by Gasteiger charge is 2.15. The van der Waals surface area contributed by atoms with Crippen molar-refractivity contribution >= 4 is 33.2 Å². The molecule has 0 radical (unpaired) electrons. The molecule has 6 nitrogen and oxygen atoms in total. The zero-order valence-corrected chi connectivity index (χ0v) is 17.2. The minimum Gasteiger partial charge on any atom is -0.491 e. The van der Waals surface area contributed by atoms with E-state index in [1.54, 1.807) is 36.4 Å². The highest BCUT2D eigenvalue weighted by molar-refractivity contribution is 7.17. The minimum atomic E-state index is -0.907. The summed E-state index contributed by atoms with van der Waals surface area (Å²) < 4.78 is 6.94. The Morgan fingerprint density at radius 1 is 1.20 bits per heavy atom. The number of benzene rings is 2. The molecule has 0 aliphatic heterocycles. The van der Waals surface area contributed by atoms with E-state index in [0.717, 1.165) is 11.1 Å². The van der Waals surface area contributed by atoms with E-state index in [9.17, 15) is 9.90 Å². The van der Waals surface area contributed by atoms with Crippen LogP contribution in [-0.2, 0) is 6.54 Å². The summed E-state index contributed by atoms with van der Waals surface area (Å²) in [6, 6.07) is 15.9. The number of aliphatic hydroxyl groups is 1. The number of fused-ring (bicyclic) bond motifs is 1. The topological polar surface area (TPSA) is 88.1 Å². The molecule has 30 heavy (non-hydrogen) atoms. The Morgan fingerprint density at radius 3 is 2.63 bits per heavy atom. The predicted octanol–water partition coefficient (Wildman–Crippen LogP) is 4.09. The van der Waals surface area contributed by atoms with Gasteiger partial charge in [-0.1, -0.05) is 23.7 Å². The largest absolute Gasteiger partial charge is 0.491 e. The average molecular weight is 438 g/mol. The molecule has 0 saturated carbocycles. The van der Waals surface area contributed by atoms with Gasteiger partial charge in [-0.3, -0.25) is 9.36 Å². The molecule has 1 atom stereocenters. The highest BCUT2D eigenvalue weighted by atomic mass is 35.5. The molecule has 0 aliphatic carbocycles. The molecule has 2 aromatic carbocycles. The van der Waals surface area contributed by atoms with Crippen LogP contribution in [0.5, 0.6) is 5.75 Å². The van der Waals surface area contributed by atoms with E-state index in [-0.39, 0.29) is 18.7 Å². The van der Waals surface area contributed by atoms with Gasteiger partial charge in [0.15, 0.2) is 0 Å². The molecule has 2 aromatic heterocycles. The highest BCUT2D eigenvalue weighted by Crippen LogP contribution is 2.31. The normalized spacial score (nSPS) is 11.9. The zero-order valence-electron chi connectivity index (χ0n) is 15.7. The van der Waals surface area contributed by atoms with Crippen LogP contribution in [0.25, 0.3) is 21.3 Å². The van der Waals surface area contributed by atoms with Crippen molar-refractivity contribution in [3.63, 3.8) is 0 Å². The van der Waals surface area contributed by atoms with Gasteiger partial charge in [0.25, 0.3) is 5.56 Å². The number of halogens is 1. The summed E-state index contributed by atoms with van der Waals surface area (Å²) in [6.45, 7) is 0.0536. The Bertz CT molecular complexity index is 1270. The molecule has 8 heteroatoms. The lowest BCUT2D eigenvalue weighted by atomic mass is 10.1. The molecule has 2 heterocycles. The van der Waals surface area contributed by atoms with Crippen molar-refractivity contribution in [3.05, 3.63) is 81.2 Å². The average Bonchev–Trinajstić information content (AvgIpc) is 3.20. The van der Waals surface area contributed by atoms with Crippen LogP contribution in [0.4, 0.5) is 0 Å². The second-order valence-corrected chi connectivity index (χ2v) is 7.93. The first-order chi connectivity index (χ1) is 14.5. The van der Waals surface area contributed by atoms with Gasteiger partial charge in [0.2, 0.25) is 0 Å². The Balaban J connectivity index is 1.53. The lowest BCUT2D eigenvalue weighted by Gasteiger charge is -2.14. The minimum absolute atomic E-state index is 0.00402. The number of thiophene rings is 1. The smallest absolute Gasteiger partial charge is 0.262 e. The van der Waals surface area contributed by atoms with Gasteiger partial charge in [0.05, 0.1) is 29.9 Å². The third kappa shape index (κ3) is 4.21. The van der Waals surface area contributed by atoms with E-state index in [4.69, 9.17) is 21.6 Å². The van der Waals surface area contributed by atoms with Gasteiger partial charge < -0.3 is 9.84 Å². The first-order valence-corrected chi connectivity index (χ1v) is 10.3. The van der Waals surface area contributed by atoms with E-state index in [0.29, 0.717) is 26.6 Å². The Kier molecular flexibility index (Phi) is 5.81. The number of hydrogen-bond acceptors (Lipinski definition) is 6. The lowest BCUT2D eigenvalue weighted by molar-refractivity contribution is 0.0915. The summed E-state index contributed by atoms with van der Waals surface area (Å²) in [7, 11) is 0. The third-order valence-corrected chi connectivity index (χ3v) is 5.69. The van der Waals surface area contributed by atoms with Crippen LogP contribution in [0.3, 0.4) is 0 Å². The van der Waals surface area contributed by atoms with Crippen molar-refractivity contribution in [2.24, 2.45) is 0 Å². The quantitative estimate of drug-likeness (QED) is 0.490. The Hall–Kier alpha value is -3.18. The van der Waals surface area contributed by atoms with Crippen molar-refractivity contribution in [2.45, 2.75) is 12.6 Å². The molecule has 0 amide bonds. The van der Waals surface area contributed by atoms with Crippen molar-refractivity contribution in [1.29, 1.82) is 5.26 Å². The molecular weight excluding hydrogens is 422 g/mol. The number of nitriles is 1. The molecule has 150 valence electrons. The second kappa shape index (κ2) is 8.67. The van der Waals surface area contributed by atoms with Crippen molar-refractivity contribution in [2.75, 3.05) is 6.61 Å². The molecule has 0 fully saturated rings. The molecule has 4 rings (SSSR count). The van der Waals surface area contributed by atoms with Crippen LogP contribution >= 0.6 is 22.9 Å². The molecule has 4 aromatic rings. The molecule has 0 spiro atoms. The number of nitrogens with zero attached hydrogens (tertiary/aromatic N) is 3. The third-order valence-electron chi connectivity index (χ3n) is 4.55. The number of aromatic nitrogens is 2. The predicted molar refractivity (Wildman–Crippen MR) is 117 cm³/mol. The maximum atomic E-state index is 13.1. The van der Waals surface area contributed by atoms with Gasteiger partial charge in [0.1, 0.15) is 23.3 Å². The second-order valence-electron chi connectivity index (χ2n) is 6.64. The van der Waals surface area contributed by atoms with Gasteiger partial charge in [-0.25, -0.2) is 4.98 Å². The standard InChI is InChI=1S/C22H16ClN3O3S/c23-16-5-3-15(4-6-16)19-12-30-21-20(19)22(28)26(13-25-21)10-17(27)11-29-18-7-1-14(9-24)2-8-18/h1-8,12-13,17,27H,10-11H2/t17-/m1/s1. The summed E-state index contributed by atoms with van der Waals surface area (Å²) in [5, 5.41) is 22.2. The molecule has 0 saturated heterocycles. The SMILES string of the molecule is N#Cc1ccc(OC[C@H](O)Cn2cnc3scc(-c4ccc(Cl)cc4)c3c2=O)cc1. The van der Waals surface area contributed by atoms with Crippen molar-refractivity contribution in [3.8, 4) is 22.9 Å². The summed E-state index contributed by atoms with van der Waals surface area (Å²) in [4.78, 5) is 18.1. The fourth-order valence-corrected chi connectivity index (χ4v) is 4.07. The number of ether oxygens (including phenoxy) is 1. The molecule has 0 aliphatic rings. The first kappa shape index (κ1) is 20.1. The number of hydrogen-bond donors (Lipinski definition) is 1. The van der Waals surface area contributed by atoms with Crippen LogP contribution in [0.1, 0.15) is 5.56 Å². The fourth-order valence-electron chi connectivity index (χ4n) is 3.04. The maximum Gasteiger partial charge on any atom is 0.262 e. The number of rotatable bonds is 6. The van der Waals surface area contributed by atoms with E-state index in [2.05, 4.69) is 4.98 Å². The Labute approximate surface area is 181 Å². The van der Waals surface area contributed by atoms with Gasteiger partial charge >= 0.3 is 0 Å². The summed E-state index contributed by atoms with van der Waals surface area (Å²) >= 11 is 7.36. The van der Waals surface area contributed by atoms with Crippen molar-refractivity contribution < 1.29 is 9.84 Å². The molecular formula is C22H16ClN3O3S. The molecule has 0 unspecified atom stereocenters. The van der Waals surface area contributed by atoms with Gasteiger partial charge in [-0.15, -0.1) is 11.3 Å². The van der Waals surface area contributed by atoms with Crippen molar-refractivity contribution in [1.82, 2.24) is 9.55 Å². The van der Waals surface area contributed by atoms with Crippen LogP contribution in [0, 0.1) is 11.3 Å². The van der Waals surface area contributed by atoms with Gasteiger partial charge in [0, 0.05) is 16.0 Å². The van der Waals surface area contributed by atoms with E-state index in [1.165, 1.54) is 22.2 Å². The maximum absolute atomic E-state index is 13.1. The van der Waals surface area contributed by atoms with Crippen LogP contribution < -0.4 is 10.3 Å². The summed E-state index contributed by atoms with van der Waals surface area (Å²) in [5.74, 6) is 0.539. The van der Waals surface area contributed by atoms with Crippen LogP contribution in [0.15, 0.2) is 65.0 Å². The van der Waals surface area contributed by atoms with E-state index >= 15 is 0 Å². The summed E-state index contributed by atoms with van der Waals surface area (Å²) in [6.07, 6.45) is 0.535. The monoisotopic (exact) mass is 437 g/mol. The molecule has 1 N–H and O–H groups in total. The summed E-state index contributed by atoms with van der Waals surface area (Å²) in [5.41, 5.74) is 1.98.